The number of furan rings is 1. The molecule has 0 spiro atoms. The van der Waals surface area contributed by atoms with Crippen LogP contribution in [0, 0.1) is 13.8 Å². The molecule has 0 fully saturated rings. The summed E-state index contributed by atoms with van der Waals surface area (Å²) >= 11 is 0. The number of hydrogen-bond donors (Lipinski definition) is 0. The molecule has 5 heteroatoms. The molecule has 2 aromatic heterocycles. The Kier molecular flexibility index (Phi) is 9.81. The van der Waals surface area contributed by atoms with E-state index in [9.17, 15) is 0 Å². The standard InChI is InChI=1S/C68H62BN3O/c1-41-34-43(49-24-19-25-52-51-23-16-18-27-62(51)73-65(49)52)35-42(2)64(41)72-57-33-30-45(67(6,7)8)36-54(57)69-55-39-53-50-22-15-17-26-56(50)70(47-20-13-12-14-21-47)58(53)40-59(55)71(48-31-28-44(29-32-48)66(3,4)5)60-37-46(68(9,10)11)38-61(72)63(60)69/h12-40H,1-11H3. The second kappa shape index (κ2) is 15.9. The number of para-hydroxylation sites is 4. The predicted octanol–water partition coefficient (Wildman–Crippen LogP) is 16.9. The quantitative estimate of drug-likeness (QED) is 0.164. The molecular formula is C68H62BN3O. The van der Waals surface area contributed by atoms with Crippen LogP contribution in [0.3, 0.4) is 0 Å². The molecular weight excluding hydrogens is 886 g/mol. The number of aryl methyl sites for hydroxylation is 2. The van der Waals surface area contributed by atoms with Crippen molar-refractivity contribution in [1.29, 1.82) is 0 Å². The molecule has 2 aliphatic heterocycles. The van der Waals surface area contributed by atoms with Crippen LogP contribution in [0.2, 0.25) is 0 Å². The molecule has 4 heterocycles. The zero-order valence-electron chi connectivity index (χ0n) is 44.1. The first-order valence-electron chi connectivity index (χ1n) is 26.1. The zero-order chi connectivity index (χ0) is 50.5. The van der Waals surface area contributed by atoms with E-state index in [1.165, 1.54) is 94.4 Å². The molecule has 0 radical (unpaired) electrons. The third-order valence-corrected chi connectivity index (χ3v) is 16.0. The molecule has 2 aliphatic rings. The highest BCUT2D eigenvalue weighted by atomic mass is 16.3. The summed E-state index contributed by atoms with van der Waals surface area (Å²) in [5.74, 6) is 0. The van der Waals surface area contributed by atoms with Crippen LogP contribution in [0.15, 0.2) is 180 Å². The van der Waals surface area contributed by atoms with E-state index in [0.29, 0.717) is 0 Å². The van der Waals surface area contributed by atoms with Crippen molar-refractivity contribution >= 4 is 101 Å². The van der Waals surface area contributed by atoms with Crippen LogP contribution < -0.4 is 26.2 Å². The van der Waals surface area contributed by atoms with E-state index in [2.05, 4.69) is 266 Å². The average molecular weight is 948 g/mol. The lowest BCUT2D eigenvalue weighted by Crippen LogP contribution is -2.61. The van der Waals surface area contributed by atoms with Gasteiger partial charge in [0.15, 0.2) is 0 Å². The van der Waals surface area contributed by atoms with Gasteiger partial charge in [-0.25, -0.2) is 0 Å². The van der Waals surface area contributed by atoms with Gasteiger partial charge < -0.3 is 18.8 Å². The Balaban J connectivity index is 1.13. The summed E-state index contributed by atoms with van der Waals surface area (Å²) in [5, 5.41) is 4.80. The second-order valence-corrected chi connectivity index (χ2v) is 24.0. The lowest BCUT2D eigenvalue weighted by molar-refractivity contribution is 0.590. The minimum absolute atomic E-state index is 0.0103. The Hall–Kier alpha value is -7.76. The van der Waals surface area contributed by atoms with E-state index >= 15 is 0 Å². The van der Waals surface area contributed by atoms with Gasteiger partial charge in [-0.1, -0.05) is 165 Å². The summed E-state index contributed by atoms with van der Waals surface area (Å²) in [5.41, 5.74) is 25.0. The minimum Gasteiger partial charge on any atom is -0.455 e. The first kappa shape index (κ1) is 45.1. The van der Waals surface area contributed by atoms with Crippen molar-refractivity contribution in [2.75, 3.05) is 9.80 Å². The van der Waals surface area contributed by atoms with Gasteiger partial charge in [-0.05, 0) is 153 Å². The molecule has 0 saturated heterocycles. The number of aromatic nitrogens is 1. The van der Waals surface area contributed by atoms with E-state index < -0.39 is 0 Å². The SMILES string of the molecule is Cc1cc(-c2cccc3c2oc2ccccc23)cc(C)c1N1c2ccc(C(C)(C)C)cc2B2c3cc4c5ccccc5n(-c5ccccc5)c4cc3N(c3ccc(C(C)(C)C)cc3)c3cc(C(C)(C)C)cc1c32. The van der Waals surface area contributed by atoms with Crippen molar-refractivity contribution in [3.8, 4) is 16.8 Å². The van der Waals surface area contributed by atoms with Crippen LogP contribution in [0.4, 0.5) is 34.1 Å². The molecule has 0 atom stereocenters. The summed E-state index contributed by atoms with van der Waals surface area (Å²) in [4.78, 5) is 5.24. The number of rotatable bonds is 4. The highest BCUT2D eigenvalue weighted by molar-refractivity contribution is 7.00. The average Bonchev–Trinajstić information content (AvgIpc) is 3.91. The normalized spacial score (nSPS) is 13.6. The van der Waals surface area contributed by atoms with Gasteiger partial charge in [0.25, 0.3) is 6.71 Å². The van der Waals surface area contributed by atoms with Crippen molar-refractivity contribution < 1.29 is 4.42 Å². The van der Waals surface area contributed by atoms with E-state index in [-0.39, 0.29) is 23.0 Å². The Morgan fingerprint density at radius 3 is 1.71 bits per heavy atom. The summed E-state index contributed by atoms with van der Waals surface area (Å²) in [6.45, 7) is 25.6. The van der Waals surface area contributed by atoms with Gasteiger partial charge in [0.2, 0.25) is 0 Å². The Morgan fingerprint density at radius 1 is 0.411 bits per heavy atom. The second-order valence-electron chi connectivity index (χ2n) is 24.0. The smallest absolute Gasteiger partial charge is 0.252 e. The molecule has 358 valence electrons. The molecule has 4 nitrogen and oxygen atoms in total. The van der Waals surface area contributed by atoms with Crippen molar-refractivity contribution in [1.82, 2.24) is 4.57 Å². The lowest BCUT2D eigenvalue weighted by Gasteiger charge is -2.46. The van der Waals surface area contributed by atoms with Gasteiger partial charge in [-0.2, -0.15) is 0 Å². The summed E-state index contributed by atoms with van der Waals surface area (Å²) in [6, 6.07) is 66.5. The van der Waals surface area contributed by atoms with Crippen molar-refractivity contribution in [2.45, 2.75) is 92.4 Å². The highest BCUT2D eigenvalue weighted by Crippen LogP contribution is 2.50. The van der Waals surface area contributed by atoms with Crippen LogP contribution in [0.5, 0.6) is 0 Å². The molecule has 11 aromatic rings. The predicted molar refractivity (Wildman–Crippen MR) is 313 cm³/mol. The van der Waals surface area contributed by atoms with E-state index in [1.54, 1.807) is 0 Å². The number of anilines is 6. The third-order valence-electron chi connectivity index (χ3n) is 16.0. The van der Waals surface area contributed by atoms with Gasteiger partial charge in [-0.3, -0.25) is 0 Å². The number of benzene rings is 9. The molecule has 0 aliphatic carbocycles. The van der Waals surface area contributed by atoms with Crippen molar-refractivity contribution in [2.24, 2.45) is 0 Å². The maximum Gasteiger partial charge on any atom is 0.252 e. The number of nitrogens with zero attached hydrogens (tertiary/aromatic N) is 3. The Morgan fingerprint density at radius 2 is 1.01 bits per heavy atom. The summed E-state index contributed by atoms with van der Waals surface area (Å²) in [6.07, 6.45) is 0. The van der Waals surface area contributed by atoms with Gasteiger partial charge >= 0.3 is 0 Å². The molecule has 0 saturated carbocycles. The fraction of sp³-hybridized carbons (Fsp3) is 0.206. The van der Waals surface area contributed by atoms with Gasteiger partial charge in [0.05, 0.1) is 16.7 Å². The first-order chi connectivity index (χ1) is 34.9. The minimum atomic E-state index is -0.159. The number of hydrogen-bond acceptors (Lipinski definition) is 3. The highest BCUT2D eigenvalue weighted by Gasteiger charge is 2.45. The van der Waals surface area contributed by atoms with Crippen molar-refractivity contribution in [3.05, 3.63) is 204 Å². The fourth-order valence-corrected chi connectivity index (χ4v) is 12.3. The zero-order valence-corrected chi connectivity index (χ0v) is 44.1. The lowest BCUT2D eigenvalue weighted by atomic mass is 9.33. The van der Waals surface area contributed by atoms with Crippen LogP contribution in [-0.2, 0) is 16.2 Å². The molecule has 9 aromatic carbocycles. The fourth-order valence-electron chi connectivity index (χ4n) is 12.3. The maximum absolute atomic E-state index is 6.64. The van der Waals surface area contributed by atoms with Crippen LogP contribution in [0.1, 0.15) is 90.1 Å². The van der Waals surface area contributed by atoms with Crippen molar-refractivity contribution in [3.63, 3.8) is 0 Å². The van der Waals surface area contributed by atoms with Crippen LogP contribution in [-0.4, -0.2) is 11.3 Å². The topological polar surface area (TPSA) is 24.6 Å². The maximum atomic E-state index is 6.64. The van der Waals surface area contributed by atoms with Crippen LogP contribution >= 0.6 is 0 Å². The Bertz CT molecular complexity index is 4040. The molecule has 0 amide bonds. The van der Waals surface area contributed by atoms with Crippen LogP contribution in [0.25, 0.3) is 60.6 Å². The Labute approximate surface area is 430 Å². The van der Waals surface area contributed by atoms with E-state index in [1.807, 2.05) is 0 Å². The number of fused-ring (bicyclic) bond motifs is 10. The monoisotopic (exact) mass is 947 g/mol. The van der Waals surface area contributed by atoms with Gasteiger partial charge in [0.1, 0.15) is 11.2 Å². The molecule has 13 rings (SSSR count). The largest absolute Gasteiger partial charge is 0.455 e. The molecule has 0 bridgehead atoms. The molecule has 73 heavy (non-hydrogen) atoms. The van der Waals surface area contributed by atoms with E-state index in [0.717, 1.165) is 44.4 Å². The summed E-state index contributed by atoms with van der Waals surface area (Å²) < 4.78 is 9.11. The summed E-state index contributed by atoms with van der Waals surface area (Å²) in [7, 11) is 0. The van der Waals surface area contributed by atoms with Gasteiger partial charge in [-0.15, -0.1) is 0 Å². The van der Waals surface area contributed by atoms with E-state index in [4.69, 9.17) is 4.42 Å². The molecule has 0 N–H and O–H groups in total. The third kappa shape index (κ3) is 6.95. The van der Waals surface area contributed by atoms with Gasteiger partial charge in [0, 0.05) is 61.2 Å². The first-order valence-corrected chi connectivity index (χ1v) is 26.1. The molecule has 0 unspecified atom stereocenters.